The van der Waals surface area contributed by atoms with E-state index in [0.29, 0.717) is 22.1 Å². The maximum Gasteiger partial charge on any atom is 0.259 e. The second-order valence-electron chi connectivity index (χ2n) is 7.32. The lowest BCUT2D eigenvalue weighted by atomic mass is 10.1. The Morgan fingerprint density at radius 2 is 1.76 bits per heavy atom. The van der Waals surface area contributed by atoms with Gasteiger partial charge in [-0.3, -0.25) is 4.79 Å². The number of aromatic nitrogens is 4. The number of benzene rings is 2. The van der Waals surface area contributed by atoms with Crippen molar-refractivity contribution in [1.29, 1.82) is 0 Å². The lowest BCUT2D eigenvalue weighted by Crippen LogP contribution is -2.13. The summed E-state index contributed by atoms with van der Waals surface area (Å²) in [4.78, 5) is 21.8. The van der Waals surface area contributed by atoms with Crippen molar-refractivity contribution >= 4 is 34.5 Å². The molecule has 0 atom stereocenters. The Bertz CT molecular complexity index is 1410. The topological polar surface area (TPSA) is 72.7 Å². The zero-order chi connectivity index (χ0) is 22.8. The third kappa shape index (κ3) is 4.41. The lowest BCUT2D eigenvalue weighted by Gasteiger charge is -2.07. The van der Waals surface area contributed by atoms with Crippen molar-refractivity contribution in [3.8, 4) is 27.6 Å². The van der Waals surface area contributed by atoms with E-state index in [-0.39, 0.29) is 5.91 Å². The van der Waals surface area contributed by atoms with Gasteiger partial charge in [-0.25, -0.2) is 14.6 Å². The van der Waals surface area contributed by atoms with Gasteiger partial charge in [-0.05, 0) is 43.3 Å². The molecule has 0 bridgehead atoms. The third-order valence-corrected chi connectivity index (χ3v) is 6.30. The van der Waals surface area contributed by atoms with Gasteiger partial charge >= 0.3 is 0 Å². The third-order valence-electron chi connectivity index (χ3n) is 5.15. The molecule has 0 spiro atoms. The number of hydrogen-bond donors (Lipinski definition) is 1. The Balaban J connectivity index is 1.30. The first-order chi connectivity index (χ1) is 16.1. The van der Waals surface area contributed by atoms with Crippen molar-refractivity contribution in [2.75, 3.05) is 5.32 Å². The number of rotatable bonds is 5. The molecule has 6 nitrogen and oxygen atoms in total. The fourth-order valence-electron chi connectivity index (χ4n) is 3.40. The molecule has 5 aromatic rings. The summed E-state index contributed by atoms with van der Waals surface area (Å²) in [5.74, 6) is 0.445. The van der Waals surface area contributed by atoms with Gasteiger partial charge in [0.1, 0.15) is 5.01 Å². The number of anilines is 1. The summed E-state index contributed by atoms with van der Waals surface area (Å²) >= 11 is 7.55. The van der Waals surface area contributed by atoms with Crippen molar-refractivity contribution in [3.63, 3.8) is 0 Å². The highest BCUT2D eigenvalue weighted by molar-refractivity contribution is 7.13. The first kappa shape index (κ1) is 21.1. The maximum atomic E-state index is 12.8. The molecule has 162 valence electrons. The highest BCUT2D eigenvalue weighted by Crippen LogP contribution is 2.30. The number of nitrogens with zero attached hydrogens (tertiary/aromatic N) is 4. The molecule has 0 unspecified atom stereocenters. The van der Waals surface area contributed by atoms with E-state index in [2.05, 4.69) is 15.4 Å². The van der Waals surface area contributed by atoms with E-state index < -0.39 is 0 Å². The van der Waals surface area contributed by atoms with Crippen molar-refractivity contribution in [2.24, 2.45) is 0 Å². The van der Waals surface area contributed by atoms with Gasteiger partial charge in [0.15, 0.2) is 5.82 Å². The van der Waals surface area contributed by atoms with Gasteiger partial charge in [-0.15, -0.1) is 11.3 Å². The molecule has 1 amide bonds. The Labute approximate surface area is 199 Å². The molecule has 5 rings (SSSR count). The molecule has 33 heavy (non-hydrogen) atoms. The molecular weight excluding hydrogens is 454 g/mol. The summed E-state index contributed by atoms with van der Waals surface area (Å²) in [5.41, 5.74) is 4.80. The molecule has 2 aromatic carbocycles. The predicted molar refractivity (Wildman–Crippen MR) is 132 cm³/mol. The van der Waals surface area contributed by atoms with Gasteiger partial charge < -0.3 is 5.32 Å². The molecule has 0 aliphatic heterocycles. The van der Waals surface area contributed by atoms with Gasteiger partial charge in [0.25, 0.3) is 5.91 Å². The highest BCUT2D eigenvalue weighted by atomic mass is 35.5. The largest absolute Gasteiger partial charge is 0.322 e. The molecule has 0 aliphatic carbocycles. The molecule has 0 saturated heterocycles. The fourth-order valence-corrected chi connectivity index (χ4v) is 4.36. The zero-order valence-corrected chi connectivity index (χ0v) is 19.1. The number of pyridine rings is 1. The van der Waals surface area contributed by atoms with E-state index >= 15 is 0 Å². The van der Waals surface area contributed by atoms with Crippen molar-refractivity contribution < 1.29 is 4.79 Å². The Morgan fingerprint density at radius 3 is 2.48 bits per heavy atom. The molecule has 0 aliphatic rings. The summed E-state index contributed by atoms with van der Waals surface area (Å²) in [6.45, 7) is 1.85. The van der Waals surface area contributed by atoms with Crippen LogP contribution >= 0.6 is 22.9 Å². The molecule has 1 N–H and O–H groups in total. The van der Waals surface area contributed by atoms with E-state index in [0.717, 1.165) is 27.5 Å². The number of carbonyl (C=O) groups is 1. The van der Waals surface area contributed by atoms with Gasteiger partial charge in [0, 0.05) is 33.4 Å². The summed E-state index contributed by atoms with van der Waals surface area (Å²) < 4.78 is 1.65. The first-order valence-corrected chi connectivity index (χ1v) is 11.4. The van der Waals surface area contributed by atoms with Crippen LogP contribution in [0.3, 0.4) is 0 Å². The number of carbonyl (C=O) groups excluding carboxylic acids is 1. The first-order valence-electron chi connectivity index (χ1n) is 10.2. The van der Waals surface area contributed by atoms with E-state index in [1.54, 1.807) is 28.4 Å². The Hall–Kier alpha value is -3.81. The predicted octanol–water partition coefficient (Wildman–Crippen LogP) is 6.27. The molecular formula is C25H18ClN5OS. The molecule has 8 heteroatoms. The van der Waals surface area contributed by atoms with Crippen LogP contribution in [0, 0.1) is 6.92 Å². The Kier molecular flexibility index (Phi) is 5.73. The molecule has 0 saturated carbocycles. The average Bonchev–Trinajstić information content (AvgIpc) is 3.48. The number of halogens is 1. The number of thiazole rings is 1. The number of hydrogen-bond acceptors (Lipinski definition) is 5. The van der Waals surface area contributed by atoms with Crippen LogP contribution in [-0.2, 0) is 0 Å². The summed E-state index contributed by atoms with van der Waals surface area (Å²) in [5, 5.41) is 10.9. The van der Waals surface area contributed by atoms with Crippen LogP contribution in [0.5, 0.6) is 0 Å². The SMILES string of the molecule is Cc1c(C(=O)Nc2ccc(-c3csc(-c4ccc(Cl)cc4)n3)cc2)cnn1-c1ccccn1. The van der Waals surface area contributed by atoms with Crippen molar-refractivity contribution in [2.45, 2.75) is 6.92 Å². The number of amides is 1. The van der Waals surface area contributed by atoms with Gasteiger partial charge in [0.05, 0.1) is 23.1 Å². The standard InChI is InChI=1S/C25H18ClN5OS/c1-16-21(14-28-31(16)23-4-2-3-13-27-23)24(32)29-20-11-7-17(8-12-20)22-15-33-25(30-22)18-5-9-19(26)10-6-18/h2-15H,1H3,(H,29,32). The van der Waals surface area contributed by atoms with Crippen LogP contribution in [0.2, 0.25) is 5.02 Å². The molecule has 3 heterocycles. The quantitative estimate of drug-likeness (QED) is 0.328. The lowest BCUT2D eigenvalue weighted by molar-refractivity contribution is 0.102. The van der Waals surface area contributed by atoms with Crippen molar-refractivity contribution in [1.82, 2.24) is 19.7 Å². The van der Waals surface area contributed by atoms with Crippen LogP contribution < -0.4 is 5.32 Å². The smallest absolute Gasteiger partial charge is 0.259 e. The average molecular weight is 472 g/mol. The summed E-state index contributed by atoms with van der Waals surface area (Å²) in [7, 11) is 0. The minimum Gasteiger partial charge on any atom is -0.322 e. The summed E-state index contributed by atoms with van der Waals surface area (Å²) in [6.07, 6.45) is 3.25. The second-order valence-corrected chi connectivity index (χ2v) is 8.61. The van der Waals surface area contributed by atoms with Crippen LogP contribution in [-0.4, -0.2) is 25.7 Å². The van der Waals surface area contributed by atoms with Crippen molar-refractivity contribution in [3.05, 3.63) is 101 Å². The molecule has 0 fully saturated rings. The second kappa shape index (κ2) is 8.97. The Morgan fingerprint density at radius 1 is 1.00 bits per heavy atom. The molecule has 0 radical (unpaired) electrons. The van der Waals surface area contributed by atoms with Gasteiger partial charge in [-0.2, -0.15) is 5.10 Å². The van der Waals surface area contributed by atoms with E-state index in [9.17, 15) is 4.79 Å². The van der Waals surface area contributed by atoms with Crippen LogP contribution in [0.15, 0.2) is 84.5 Å². The van der Waals surface area contributed by atoms with E-state index in [1.165, 1.54) is 0 Å². The number of nitrogens with one attached hydrogen (secondary N) is 1. The summed E-state index contributed by atoms with van der Waals surface area (Å²) in [6, 6.07) is 20.8. The van der Waals surface area contributed by atoms with Gasteiger partial charge in [0.2, 0.25) is 0 Å². The van der Waals surface area contributed by atoms with Gasteiger partial charge in [-0.1, -0.05) is 41.9 Å². The van der Waals surface area contributed by atoms with Crippen LogP contribution in [0.4, 0.5) is 5.69 Å². The minimum absolute atomic E-state index is 0.221. The zero-order valence-electron chi connectivity index (χ0n) is 17.6. The minimum atomic E-state index is -0.221. The fraction of sp³-hybridized carbons (Fsp3) is 0.0400. The van der Waals surface area contributed by atoms with E-state index in [1.807, 2.05) is 79.0 Å². The van der Waals surface area contributed by atoms with Crippen LogP contribution in [0.25, 0.3) is 27.6 Å². The molecule has 3 aromatic heterocycles. The van der Waals surface area contributed by atoms with E-state index in [4.69, 9.17) is 16.6 Å². The van der Waals surface area contributed by atoms with Crippen LogP contribution in [0.1, 0.15) is 16.1 Å². The normalized spacial score (nSPS) is 10.8. The monoisotopic (exact) mass is 471 g/mol. The highest BCUT2D eigenvalue weighted by Gasteiger charge is 2.16. The maximum absolute atomic E-state index is 12.8.